The van der Waals surface area contributed by atoms with E-state index >= 15 is 0 Å². The van der Waals surface area contributed by atoms with Gasteiger partial charge < -0.3 is 9.47 Å². The molecular weight excluding hydrogens is 352 g/mol. The maximum Gasteiger partial charge on any atom is 0.303 e. The molecule has 0 amide bonds. The Hall–Kier alpha value is -2.10. The van der Waals surface area contributed by atoms with E-state index in [1.54, 1.807) is 0 Å². The van der Waals surface area contributed by atoms with Crippen molar-refractivity contribution in [2.75, 3.05) is 6.61 Å². The van der Waals surface area contributed by atoms with Crippen molar-refractivity contribution in [2.24, 2.45) is 11.8 Å². The first kappa shape index (κ1) is 25.9. The lowest BCUT2D eigenvalue weighted by Crippen LogP contribution is -2.17. The van der Waals surface area contributed by atoms with Gasteiger partial charge in [0.15, 0.2) is 0 Å². The maximum atomic E-state index is 10.5. The Balaban J connectivity index is 0.000000411. The summed E-state index contributed by atoms with van der Waals surface area (Å²) in [7, 11) is 0. The van der Waals surface area contributed by atoms with E-state index in [0.29, 0.717) is 18.4 Å². The monoisotopic (exact) mass is 390 g/mol. The zero-order valence-corrected chi connectivity index (χ0v) is 18.1. The zero-order valence-electron chi connectivity index (χ0n) is 18.1. The molecule has 0 aromatic carbocycles. The van der Waals surface area contributed by atoms with Crippen LogP contribution >= 0.6 is 0 Å². The van der Waals surface area contributed by atoms with Gasteiger partial charge in [0.1, 0.15) is 12.7 Å². The number of hydrogen-bond acceptors (Lipinski definition) is 4. The van der Waals surface area contributed by atoms with Crippen LogP contribution in [0.5, 0.6) is 0 Å². The highest BCUT2D eigenvalue weighted by molar-refractivity contribution is 5.66. The van der Waals surface area contributed by atoms with Crippen LogP contribution in [0.3, 0.4) is 0 Å². The Labute approximate surface area is 171 Å². The Bertz CT molecular complexity index is 537. The molecule has 3 atom stereocenters. The van der Waals surface area contributed by atoms with Gasteiger partial charge in [-0.05, 0) is 62.0 Å². The van der Waals surface area contributed by atoms with Crippen LogP contribution in [0.4, 0.5) is 0 Å². The molecule has 0 aromatic rings. The van der Waals surface area contributed by atoms with E-state index < -0.39 is 0 Å². The van der Waals surface area contributed by atoms with Crippen molar-refractivity contribution in [1.82, 2.24) is 0 Å². The molecule has 0 aliphatic heterocycles. The molecule has 2 aliphatic rings. The van der Waals surface area contributed by atoms with Crippen molar-refractivity contribution in [2.45, 2.75) is 72.3 Å². The summed E-state index contributed by atoms with van der Waals surface area (Å²) >= 11 is 0. The van der Waals surface area contributed by atoms with Crippen molar-refractivity contribution in [3.05, 3.63) is 49.1 Å². The predicted octanol–water partition coefficient (Wildman–Crippen LogP) is 5.95. The lowest BCUT2D eigenvalue weighted by molar-refractivity contribution is -0.144. The average Bonchev–Trinajstić information content (AvgIpc) is 3.06. The lowest BCUT2D eigenvalue weighted by atomic mass is 9.96. The van der Waals surface area contributed by atoms with Gasteiger partial charge in [0.25, 0.3) is 0 Å². The number of unbranched alkanes of at least 4 members (excludes halogenated alkanes) is 1. The minimum atomic E-state index is -0.189. The van der Waals surface area contributed by atoms with Gasteiger partial charge in [-0.25, -0.2) is 0 Å². The molecule has 2 rings (SSSR count). The molecule has 0 radical (unpaired) electrons. The van der Waals surface area contributed by atoms with Gasteiger partial charge in [-0.3, -0.25) is 9.59 Å². The van der Waals surface area contributed by atoms with Gasteiger partial charge in [-0.1, -0.05) is 38.2 Å². The number of carbonyl (C=O) groups is 2. The summed E-state index contributed by atoms with van der Waals surface area (Å²) in [4.78, 5) is 21.0. The van der Waals surface area contributed by atoms with Crippen LogP contribution in [0.1, 0.15) is 66.2 Å². The highest BCUT2D eigenvalue weighted by atomic mass is 16.5. The van der Waals surface area contributed by atoms with Crippen molar-refractivity contribution in [3.63, 3.8) is 0 Å². The minimum Gasteiger partial charge on any atom is -0.461 e. The summed E-state index contributed by atoms with van der Waals surface area (Å²) in [6.07, 6.45) is 16.6. The Morgan fingerprint density at radius 2 is 1.64 bits per heavy atom. The van der Waals surface area contributed by atoms with Crippen molar-refractivity contribution < 1.29 is 19.1 Å². The van der Waals surface area contributed by atoms with Crippen LogP contribution in [0.25, 0.3) is 0 Å². The Kier molecular flexibility index (Phi) is 14.7. The number of hydrogen-bond donors (Lipinski definition) is 0. The first-order chi connectivity index (χ1) is 13.3. The molecule has 0 heterocycles. The molecule has 0 fully saturated rings. The van der Waals surface area contributed by atoms with Crippen molar-refractivity contribution in [1.29, 1.82) is 0 Å². The zero-order chi connectivity index (χ0) is 21.4. The molecule has 0 N–H and O–H groups in total. The second-order valence-electron chi connectivity index (χ2n) is 7.36. The first-order valence-corrected chi connectivity index (χ1v) is 10.2. The van der Waals surface area contributed by atoms with Gasteiger partial charge in [0.2, 0.25) is 0 Å². The van der Waals surface area contributed by atoms with E-state index in [1.807, 2.05) is 18.2 Å². The number of ether oxygens (including phenoxy) is 2. The third-order valence-electron chi connectivity index (χ3n) is 4.35. The van der Waals surface area contributed by atoms with Crippen LogP contribution in [0.15, 0.2) is 49.1 Å². The molecule has 28 heavy (non-hydrogen) atoms. The first-order valence-electron chi connectivity index (χ1n) is 10.2. The lowest BCUT2D eigenvalue weighted by Gasteiger charge is -2.19. The van der Waals surface area contributed by atoms with Gasteiger partial charge in [0.05, 0.1) is 0 Å². The smallest absolute Gasteiger partial charge is 0.303 e. The van der Waals surface area contributed by atoms with Gasteiger partial charge >= 0.3 is 11.9 Å². The molecule has 0 spiro atoms. The summed E-state index contributed by atoms with van der Waals surface area (Å²) < 4.78 is 9.88. The largest absolute Gasteiger partial charge is 0.461 e. The summed E-state index contributed by atoms with van der Waals surface area (Å²) in [5.41, 5.74) is 1.27. The quantitative estimate of drug-likeness (QED) is 0.319. The average molecular weight is 391 g/mol. The summed E-state index contributed by atoms with van der Waals surface area (Å²) in [5, 5.41) is 0. The number of carbonyl (C=O) groups excluding carboxylic acids is 2. The Morgan fingerprint density at radius 3 is 2.04 bits per heavy atom. The number of rotatable bonds is 6. The third-order valence-corrected chi connectivity index (χ3v) is 4.35. The molecule has 4 heteroatoms. The summed E-state index contributed by atoms with van der Waals surface area (Å²) in [6, 6.07) is 0. The van der Waals surface area contributed by atoms with E-state index in [0.717, 1.165) is 32.1 Å². The van der Waals surface area contributed by atoms with Crippen LogP contribution < -0.4 is 0 Å². The molecule has 3 unspecified atom stereocenters. The summed E-state index contributed by atoms with van der Waals surface area (Å²) in [5.74, 6) is 0.932. The molecule has 0 saturated carbocycles. The van der Waals surface area contributed by atoms with E-state index in [2.05, 4.69) is 39.2 Å². The molecular formula is C24H38O4. The second-order valence-corrected chi connectivity index (χ2v) is 7.36. The summed E-state index contributed by atoms with van der Waals surface area (Å²) in [6.45, 7) is 14.8. The topological polar surface area (TPSA) is 52.6 Å². The third kappa shape index (κ3) is 15.0. The van der Waals surface area contributed by atoms with E-state index in [4.69, 9.17) is 9.47 Å². The minimum absolute atomic E-state index is 0.0312. The fourth-order valence-electron chi connectivity index (χ4n) is 2.78. The predicted molar refractivity (Wildman–Crippen MR) is 116 cm³/mol. The molecule has 4 nitrogen and oxygen atoms in total. The van der Waals surface area contributed by atoms with Gasteiger partial charge in [-0.15, -0.1) is 13.2 Å². The van der Waals surface area contributed by atoms with E-state index in [-0.39, 0.29) is 18.0 Å². The van der Waals surface area contributed by atoms with Crippen molar-refractivity contribution in [3.8, 4) is 0 Å². The standard InChI is InChI=1S/2C9H14O2.C6H10/c1-7-3-5-9(6-4-7)11-8(2)10;1-7-3-4-9(5-7)6-11-8(2)10;1-3-5-6-4-2/h3,5,7,9H,4,6H2,1-2H3;5,7H,3-4,6H2,1-2H3;3-4H,1-2,5-6H2. The molecule has 158 valence electrons. The molecule has 0 aromatic heterocycles. The SMILES string of the molecule is C=CCCC=C.CC(=O)OC1C=CC(C)CC1.CC(=O)OCC1=CC(C)CC1. The maximum absolute atomic E-state index is 10.5. The van der Waals surface area contributed by atoms with Crippen LogP contribution in [0.2, 0.25) is 0 Å². The van der Waals surface area contributed by atoms with Crippen LogP contribution in [-0.2, 0) is 19.1 Å². The molecule has 0 saturated heterocycles. The number of allylic oxidation sites excluding steroid dienone is 4. The van der Waals surface area contributed by atoms with E-state index in [9.17, 15) is 9.59 Å². The van der Waals surface area contributed by atoms with Gasteiger partial charge in [0, 0.05) is 13.8 Å². The van der Waals surface area contributed by atoms with E-state index in [1.165, 1.54) is 25.8 Å². The normalized spacial score (nSPS) is 22.4. The fraction of sp³-hybridized carbons (Fsp3) is 0.583. The fourth-order valence-corrected chi connectivity index (χ4v) is 2.78. The van der Waals surface area contributed by atoms with Gasteiger partial charge in [-0.2, -0.15) is 0 Å². The highest BCUT2D eigenvalue weighted by Gasteiger charge is 2.14. The van der Waals surface area contributed by atoms with Crippen molar-refractivity contribution >= 4 is 11.9 Å². The molecule has 0 bridgehead atoms. The molecule has 2 aliphatic carbocycles. The highest BCUT2D eigenvalue weighted by Crippen LogP contribution is 2.23. The Morgan fingerprint density at radius 1 is 1.00 bits per heavy atom. The van der Waals surface area contributed by atoms with Crippen LogP contribution in [-0.4, -0.2) is 24.6 Å². The van der Waals surface area contributed by atoms with Crippen LogP contribution in [0, 0.1) is 11.8 Å². The number of esters is 2. The second kappa shape index (κ2) is 15.9.